The van der Waals surface area contributed by atoms with Crippen LogP contribution in [0.15, 0.2) is 46.8 Å². The number of alkyl halides is 1. The van der Waals surface area contributed by atoms with Gasteiger partial charge < -0.3 is 9.53 Å². The lowest BCUT2D eigenvalue weighted by Gasteiger charge is -2.42. The number of allylic oxidation sites excluding steroid dienone is 7. The highest BCUT2D eigenvalue weighted by molar-refractivity contribution is 9.09. The molecule has 0 aromatic heterocycles. The topological polar surface area (TPSA) is 46.5 Å². The summed E-state index contributed by atoms with van der Waals surface area (Å²) in [5, 5.41) is 11.0. The van der Waals surface area contributed by atoms with E-state index in [4.69, 9.17) is 4.43 Å². The highest BCUT2D eigenvalue weighted by Crippen LogP contribution is 2.46. The Labute approximate surface area is 231 Å². The van der Waals surface area contributed by atoms with Crippen LogP contribution in [0.5, 0.6) is 0 Å². The number of aliphatic hydroxyl groups is 1. The van der Waals surface area contributed by atoms with E-state index in [-0.39, 0.29) is 17.3 Å². The van der Waals surface area contributed by atoms with Gasteiger partial charge in [-0.15, -0.1) is 0 Å². The van der Waals surface area contributed by atoms with Crippen LogP contribution < -0.4 is 0 Å². The van der Waals surface area contributed by atoms with Crippen molar-refractivity contribution in [1.29, 1.82) is 0 Å². The van der Waals surface area contributed by atoms with E-state index in [1.54, 1.807) is 0 Å². The first kappa shape index (κ1) is 33.1. The smallest absolute Gasteiger partial charge is 0.258 e. The number of rotatable bonds is 15. The van der Waals surface area contributed by atoms with Gasteiger partial charge in [-0.1, -0.05) is 93.8 Å². The zero-order valence-corrected chi connectivity index (χ0v) is 27.3. The number of ketones is 1. The van der Waals surface area contributed by atoms with E-state index in [0.717, 1.165) is 43.0 Å². The SMILES string of the molecule is C/C(=C/CBr)[C@@H](O)CC/C(C)=C/CC/C(C)=C/C[C@]1(C)C=C(O[Si](C(C)C)(C(C)C)C(C)C)C(=O)C1. The number of hydrogen-bond acceptors (Lipinski definition) is 3. The van der Waals surface area contributed by atoms with Gasteiger partial charge in [-0.25, -0.2) is 0 Å². The summed E-state index contributed by atoms with van der Waals surface area (Å²) in [6, 6.07) is 0. The van der Waals surface area contributed by atoms with Crippen LogP contribution in [0.4, 0.5) is 0 Å². The zero-order valence-electron chi connectivity index (χ0n) is 24.7. The molecule has 0 amide bonds. The first-order valence-corrected chi connectivity index (χ1v) is 17.1. The predicted molar refractivity (Wildman–Crippen MR) is 162 cm³/mol. The van der Waals surface area contributed by atoms with Gasteiger partial charge in [-0.05, 0) is 81.1 Å². The van der Waals surface area contributed by atoms with Gasteiger partial charge in [0.05, 0.1) is 6.10 Å². The summed E-state index contributed by atoms with van der Waals surface area (Å²) in [6.45, 7) is 22.1. The summed E-state index contributed by atoms with van der Waals surface area (Å²) in [4.78, 5) is 13.0. The van der Waals surface area contributed by atoms with E-state index < -0.39 is 8.32 Å². The van der Waals surface area contributed by atoms with E-state index >= 15 is 0 Å². The molecule has 3 nitrogen and oxygen atoms in total. The van der Waals surface area contributed by atoms with Crippen LogP contribution in [-0.4, -0.2) is 30.6 Å². The normalized spacial score (nSPS) is 21.1. The van der Waals surface area contributed by atoms with Crippen molar-refractivity contribution in [2.75, 3.05) is 5.33 Å². The van der Waals surface area contributed by atoms with Crippen LogP contribution in [0.3, 0.4) is 0 Å². The lowest BCUT2D eigenvalue weighted by atomic mass is 9.85. The Bertz CT molecular complexity index is 828. The predicted octanol–water partition coefficient (Wildman–Crippen LogP) is 9.59. The molecular formula is C31H53BrO3Si. The van der Waals surface area contributed by atoms with Crippen molar-refractivity contribution in [3.8, 4) is 0 Å². The van der Waals surface area contributed by atoms with E-state index in [9.17, 15) is 9.90 Å². The number of carbonyl (C=O) groups excluding carboxylic acids is 1. The fourth-order valence-electron chi connectivity index (χ4n) is 5.67. The Morgan fingerprint density at radius 1 is 1.03 bits per heavy atom. The molecule has 36 heavy (non-hydrogen) atoms. The fraction of sp³-hybridized carbons (Fsp3) is 0.710. The minimum atomic E-state index is -2.13. The lowest BCUT2D eigenvalue weighted by Crippen LogP contribution is -2.47. The number of carbonyl (C=O) groups is 1. The Hall–Kier alpha value is -0.913. The van der Waals surface area contributed by atoms with Gasteiger partial charge in [0, 0.05) is 17.2 Å². The summed E-state index contributed by atoms with van der Waals surface area (Å²) >= 11 is 3.39. The summed E-state index contributed by atoms with van der Waals surface area (Å²) in [7, 11) is -2.13. The van der Waals surface area contributed by atoms with Gasteiger partial charge in [-0.2, -0.15) is 0 Å². The molecule has 0 aliphatic heterocycles. The number of halogens is 1. The quantitative estimate of drug-likeness (QED) is 0.119. The highest BCUT2D eigenvalue weighted by atomic mass is 79.9. The molecule has 0 aromatic rings. The largest absolute Gasteiger partial charge is 0.541 e. The van der Waals surface area contributed by atoms with Crippen LogP contribution in [0.1, 0.15) is 108 Å². The minimum absolute atomic E-state index is 0.166. The molecule has 0 saturated heterocycles. The Kier molecular flexibility index (Phi) is 13.7. The van der Waals surface area contributed by atoms with Crippen molar-refractivity contribution in [2.45, 2.75) is 130 Å². The third-order valence-corrected chi connectivity index (χ3v) is 14.3. The highest BCUT2D eigenvalue weighted by Gasteiger charge is 2.49. The number of Topliss-reactive ketones (excluding diaryl/α,β-unsaturated/α-hetero) is 1. The molecule has 0 saturated carbocycles. The van der Waals surface area contributed by atoms with E-state index in [1.165, 1.54) is 11.1 Å². The Morgan fingerprint density at radius 3 is 2.11 bits per heavy atom. The molecule has 1 rings (SSSR count). The molecule has 1 aliphatic rings. The van der Waals surface area contributed by atoms with Gasteiger partial charge in [0.1, 0.15) is 5.76 Å². The van der Waals surface area contributed by atoms with Crippen LogP contribution in [0.2, 0.25) is 16.6 Å². The minimum Gasteiger partial charge on any atom is -0.541 e. The van der Waals surface area contributed by atoms with Crippen LogP contribution in [-0.2, 0) is 9.22 Å². The van der Waals surface area contributed by atoms with Crippen molar-refractivity contribution in [3.05, 3.63) is 46.8 Å². The Morgan fingerprint density at radius 2 is 1.58 bits per heavy atom. The molecule has 206 valence electrons. The lowest BCUT2D eigenvalue weighted by molar-refractivity contribution is -0.117. The standard InChI is InChI=1S/C31H53BrO3Si/c1-22(2)36(23(3)4,24(5)6)35-30-21-31(10,20-29(30)34)18-16-26(8)13-11-12-25(7)14-15-28(33)27(9)17-19-32/h12,16-17,21-24,28,33H,11,13-15,18-20H2,1-10H3/b25-12+,26-16+,27-17-/t28-,31-/m0/s1. The molecule has 0 bridgehead atoms. The second-order valence-corrected chi connectivity index (χ2v) is 18.2. The molecule has 0 spiro atoms. The number of aliphatic hydroxyl groups excluding tert-OH is 1. The molecule has 0 unspecified atom stereocenters. The van der Waals surface area contributed by atoms with Crippen molar-refractivity contribution >= 4 is 30.0 Å². The van der Waals surface area contributed by atoms with E-state index in [0.29, 0.717) is 28.8 Å². The van der Waals surface area contributed by atoms with E-state index in [1.807, 2.05) is 13.0 Å². The van der Waals surface area contributed by atoms with Gasteiger partial charge in [0.15, 0.2) is 5.78 Å². The molecule has 0 fully saturated rings. The second kappa shape index (κ2) is 14.9. The molecule has 0 aromatic carbocycles. The first-order valence-electron chi connectivity index (χ1n) is 13.9. The molecule has 5 heteroatoms. The third kappa shape index (κ3) is 9.44. The van der Waals surface area contributed by atoms with Crippen LogP contribution in [0, 0.1) is 5.41 Å². The van der Waals surface area contributed by atoms with Crippen molar-refractivity contribution in [1.82, 2.24) is 0 Å². The fourth-order valence-corrected chi connectivity index (χ4v) is 11.4. The summed E-state index contributed by atoms with van der Waals surface area (Å²) in [5.74, 6) is 0.803. The molecule has 1 N–H and O–H groups in total. The van der Waals surface area contributed by atoms with Crippen molar-refractivity contribution in [3.63, 3.8) is 0 Å². The van der Waals surface area contributed by atoms with Gasteiger partial charge in [0.25, 0.3) is 8.32 Å². The maximum Gasteiger partial charge on any atom is 0.258 e. The summed E-state index contributed by atoms with van der Waals surface area (Å²) < 4.78 is 6.76. The Balaban J connectivity index is 2.74. The molecule has 1 aliphatic carbocycles. The average molecular weight is 582 g/mol. The monoisotopic (exact) mass is 580 g/mol. The molecule has 0 heterocycles. The maximum atomic E-state index is 13.0. The van der Waals surface area contributed by atoms with E-state index in [2.05, 4.69) is 96.5 Å². The van der Waals surface area contributed by atoms with Crippen molar-refractivity contribution < 1.29 is 14.3 Å². The molecule has 0 radical (unpaired) electrons. The molecule has 2 atom stereocenters. The molecular weight excluding hydrogens is 528 g/mol. The number of hydrogen-bond donors (Lipinski definition) is 1. The zero-order chi connectivity index (χ0) is 27.7. The third-order valence-electron chi connectivity index (χ3n) is 8.00. The second-order valence-electron chi connectivity index (χ2n) is 12.2. The maximum absolute atomic E-state index is 13.0. The summed E-state index contributed by atoms with van der Waals surface area (Å²) in [6.07, 6.45) is 13.5. The summed E-state index contributed by atoms with van der Waals surface area (Å²) in [5.41, 5.74) is 4.92. The van der Waals surface area contributed by atoms with Crippen LogP contribution in [0.25, 0.3) is 0 Å². The van der Waals surface area contributed by atoms with Crippen molar-refractivity contribution in [2.24, 2.45) is 5.41 Å². The van der Waals surface area contributed by atoms with Crippen LogP contribution >= 0.6 is 15.9 Å². The average Bonchev–Trinajstić information content (AvgIpc) is 3.06. The van der Waals surface area contributed by atoms with Gasteiger partial charge >= 0.3 is 0 Å². The van der Waals surface area contributed by atoms with Gasteiger partial charge in [-0.3, -0.25) is 4.79 Å². The van der Waals surface area contributed by atoms with Gasteiger partial charge in [0.2, 0.25) is 0 Å². The first-order chi connectivity index (χ1) is 16.7.